The quantitative estimate of drug-likeness (QED) is 0.473. The third-order valence-corrected chi connectivity index (χ3v) is 7.39. The zero-order valence-electron chi connectivity index (χ0n) is 21.3. The van der Waals surface area contributed by atoms with Crippen LogP contribution in [0.4, 0.5) is 5.69 Å². The van der Waals surface area contributed by atoms with Crippen molar-refractivity contribution in [3.05, 3.63) is 64.2 Å². The second-order valence-corrected chi connectivity index (χ2v) is 11.5. The fraction of sp³-hybridized carbons (Fsp3) is 0.462. The second kappa shape index (κ2) is 12.4. The molecule has 2 aromatic rings. The first-order valence-electron chi connectivity index (χ1n) is 11.7. The van der Waals surface area contributed by atoms with Crippen LogP contribution in [-0.4, -0.2) is 50.0 Å². The van der Waals surface area contributed by atoms with E-state index in [4.69, 9.17) is 11.6 Å². The van der Waals surface area contributed by atoms with E-state index in [2.05, 4.69) is 5.32 Å². The molecule has 0 aliphatic heterocycles. The summed E-state index contributed by atoms with van der Waals surface area (Å²) in [6.07, 6.45) is 1.54. The summed E-state index contributed by atoms with van der Waals surface area (Å²) in [7, 11) is -3.54. The number of aryl methyl sites for hydroxylation is 2. The van der Waals surface area contributed by atoms with Crippen LogP contribution in [0, 0.1) is 13.8 Å². The van der Waals surface area contributed by atoms with Crippen LogP contribution in [0.3, 0.4) is 0 Å². The molecule has 2 rings (SSSR count). The zero-order chi connectivity index (χ0) is 26.3. The molecule has 0 aromatic heterocycles. The van der Waals surface area contributed by atoms with Crippen molar-refractivity contribution in [3.63, 3.8) is 0 Å². The summed E-state index contributed by atoms with van der Waals surface area (Å²) in [5, 5.41) is 3.36. The molecule has 192 valence electrons. The molecule has 7 nitrogen and oxygen atoms in total. The Morgan fingerprint density at radius 1 is 1.03 bits per heavy atom. The maximum Gasteiger partial charge on any atom is 0.242 e. The van der Waals surface area contributed by atoms with Crippen LogP contribution in [0.15, 0.2) is 42.5 Å². The highest BCUT2D eigenvalue weighted by Gasteiger charge is 2.27. The summed E-state index contributed by atoms with van der Waals surface area (Å²) in [5.41, 5.74) is 3.37. The number of benzene rings is 2. The first-order chi connectivity index (χ1) is 16.3. The Kier molecular flexibility index (Phi) is 10.2. The van der Waals surface area contributed by atoms with Crippen LogP contribution in [0.2, 0.25) is 5.02 Å². The fourth-order valence-corrected chi connectivity index (χ4v) is 4.84. The van der Waals surface area contributed by atoms with E-state index in [0.717, 1.165) is 22.9 Å². The van der Waals surface area contributed by atoms with Crippen LogP contribution in [0.1, 0.15) is 50.3 Å². The molecule has 0 bridgehead atoms. The lowest BCUT2D eigenvalue weighted by Crippen LogP contribution is -2.49. The van der Waals surface area contributed by atoms with Crippen LogP contribution in [0.5, 0.6) is 0 Å². The Morgan fingerprint density at radius 2 is 1.69 bits per heavy atom. The van der Waals surface area contributed by atoms with Crippen LogP contribution in [-0.2, 0) is 26.2 Å². The molecule has 2 amide bonds. The van der Waals surface area contributed by atoms with E-state index in [1.165, 1.54) is 9.21 Å². The SMILES string of the molecule is Cc1ccc(N(CCCC(=O)N(Cc2ccccc2Cl)[C@H](C)C(=O)NC(C)C)S(C)(=O)=O)cc1C. The molecule has 0 aliphatic carbocycles. The first-order valence-corrected chi connectivity index (χ1v) is 13.9. The van der Waals surface area contributed by atoms with Crippen LogP contribution < -0.4 is 9.62 Å². The van der Waals surface area contributed by atoms with Crippen molar-refractivity contribution in [2.75, 3.05) is 17.1 Å². The average Bonchev–Trinajstić information content (AvgIpc) is 2.76. The molecule has 0 heterocycles. The molecular formula is C26H36ClN3O4S. The van der Waals surface area contributed by atoms with E-state index in [1.54, 1.807) is 25.1 Å². The minimum Gasteiger partial charge on any atom is -0.352 e. The standard InChI is InChI=1S/C26H36ClN3O4S/c1-18(2)28-26(32)21(5)29(17-22-10-7-8-11-24(22)27)25(31)12-9-15-30(35(6,33)34)23-14-13-19(3)20(4)16-23/h7-8,10-11,13-14,16,18,21H,9,12,15,17H2,1-6H3,(H,28,32)/t21-/m1/s1. The molecule has 35 heavy (non-hydrogen) atoms. The van der Waals surface area contributed by atoms with Gasteiger partial charge in [0.05, 0.1) is 11.9 Å². The van der Waals surface area contributed by atoms with Gasteiger partial charge in [-0.3, -0.25) is 13.9 Å². The molecule has 0 radical (unpaired) electrons. The van der Waals surface area contributed by atoms with Gasteiger partial charge in [0.25, 0.3) is 0 Å². The topological polar surface area (TPSA) is 86.8 Å². The molecule has 1 atom stereocenters. The van der Waals surface area contributed by atoms with Crippen molar-refractivity contribution in [1.82, 2.24) is 10.2 Å². The van der Waals surface area contributed by atoms with Crippen molar-refractivity contribution >= 4 is 39.1 Å². The number of anilines is 1. The molecule has 0 saturated heterocycles. The molecule has 1 N–H and O–H groups in total. The summed E-state index contributed by atoms with van der Waals surface area (Å²) in [6.45, 7) is 9.63. The van der Waals surface area contributed by atoms with Crippen molar-refractivity contribution in [1.29, 1.82) is 0 Å². The Morgan fingerprint density at radius 3 is 2.26 bits per heavy atom. The van der Waals surface area contributed by atoms with Gasteiger partial charge in [0.2, 0.25) is 21.8 Å². The van der Waals surface area contributed by atoms with Gasteiger partial charge in [-0.15, -0.1) is 0 Å². The summed E-state index contributed by atoms with van der Waals surface area (Å²) < 4.78 is 26.3. The monoisotopic (exact) mass is 521 g/mol. The van der Waals surface area contributed by atoms with Gasteiger partial charge in [-0.2, -0.15) is 0 Å². The minimum atomic E-state index is -3.54. The second-order valence-electron chi connectivity index (χ2n) is 9.16. The number of halogens is 1. The van der Waals surface area contributed by atoms with Gasteiger partial charge in [0.1, 0.15) is 6.04 Å². The lowest BCUT2D eigenvalue weighted by Gasteiger charge is -2.30. The Hall–Kier alpha value is -2.58. The van der Waals surface area contributed by atoms with Crippen LogP contribution in [0.25, 0.3) is 0 Å². The summed E-state index contributed by atoms with van der Waals surface area (Å²) in [6, 6.07) is 11.9. The molecule has 9 heteroatoms. The number of hydrogen-bond acceptors (Lipinski definition) is 4. The predicted octanol–water partition coefficient (Wildman–Crippen LogP) is 4.44. The molecule has 0 unspecified atom stereocenters. The molecular weight excluding hydrogens is 486 g/mol. The minimum absolute atomic E-state index is 0.0662. The fourth-order valence-electron chi connectivity index (χ4n) is 3.68. The van der Waals surface area contributed by atoms with Crippen molar-refractivity contribution in [3.8, 4) is 0 Å². The molecule has 0 aliphatic rings. The number of nitrogens with one attached hydrogen (secondary N) is 1. The van der Waals surface area contributed by atoms with E-state index in [1.807, 2.05) is 52.0 Å². The lowest BCUT2D eigenvalue weighted by atomic mass is 10.1. The van der Waals surface area contributed by atoms with E-state index in [-0.39, 0.29) is 37.4 Å². The smallest absolute Gasteiger partial charge is 0.242 e. The summed E-state index contributed by atoms with van der Waals surface area (Å²) in [5.74, 6) is -0.502. The van der Waals surface area contributed by atoms with Gasteiger partial charge < -0.3 is 10.2 Å². The zero-order valence-corrected chi connectivity index (χ0v) is 22.9. The van der Waals surface area contributed by atoms with Gasteiger partial charge in [0.15, 0.2) is 0 Å². The number of carbonyl (C=O) groups excluding carboxylic acids is 2. The van der Waals surface area contributed by atoms with Crippen molar-refractivity contribution in [2.45, 2.75) is 66.1 Å². The Balaban J connectivity index is 2.20. The van der Waals surface area contributed by atoms with Gasteiger partial charge in [-0.25, -0.2) is 8.42 Å². The molecule has 0 spiro atoms. The Labute approximate surface area is 214 Å². The van der Waals surface area contributed by atoms with E-state index >= 15 is 0 Å². The largest absolute Gasteiger partial charge is 0.352 e. The highest BCUT2D eigenvalue weighted by Crippen LogP contribution is 2.23. The average molecular weight is 522 g/mol. The number of amides is 2. The van der Waals surface area contributed by atoms with E-state index < -0.39 is 16.1 Å². The number of hydrogen-bond donors (Lipinski definition) is 1. The third-order valence-electron chi connectivity index (χ3n) is 5.83. The van der Waals surface area contributed by atoms with E-state index in [0.29, 0.717) is 17.1 Å². The molecule has 0 saturated carbocycles. The van der Waals surface area contributed by atoms with Gasteiger partial charge in [-0.1, -0.05) is 35.9 Å². The predicted molar refractivity (Wildman–Crippen MR) is 142 cm³/mol. The van der Waals surface area contributed by atoms with Crippen molar-refractivity contribution in [2.24, 2.45) is 0 Å². The van der Waals surface area contributed by atoms with E-state index in [9.17, 15) is 18.0 Å². The van der Waals surface area contributed by atoms with Gasteiger partial charge in [-0.05, 0) is 75.9 Å². The van der Waals surface area contributed by atoms with Gasteiger partial charge >= 0.3 is 0 Å². The number of carbonyl (C=O) groups is 2. The van der Waals surface area contributed by atoms with Crippen molar-refractivity contribution < 1.29 is 18.0 Å². The first kappa shape index (κ1) is 28.7. The third kappa shape index (κ3) is 8.25. The Bertz CT molecular complexity index is 1150. The highest BCUT2D eigenvalue weighted by molar-refractivity contribution is 7.92. The molecule has 0 fully saturated rings. The molecule has 2 aromatic carbocycles. The maximum atomic E-state index is 13.3. The van der Waals surface area contributed by atoms with Crippen LogP contribution >= 0.6 is 11.6 Å². The normalized spacial score (nSPS) is 12.3. The summed E-state index contributed by atoms with van der Waals surface area (Å²) >= 11 is 6.32. The maximum absolute atomic E-state index is 13.3. The van der Waals surface area contributed by atoms with Gasteiger partial charge in [0, 0.05) is 30.6 Å². The highest BCUT2D eigenvalue weighted by atomic mass is 35.5. The summed E-state index contributed by atoms with van der Waals surface area (Å²) in [4.78, 5) is 27.5. The number of rotatable bonds is 11. The lowest BCUT2D eigenvalue weighted by molar-refractivity contribution is -0.140. The number of nitrogens with zero attached hydrogens (tertiary/aromatic N) is 2. The number of sulfonamides is 1.